The maximum absolute atomic E-state index is 13.3. The maximum Gasteiger partial charge on any atom is 0.282 e. The number of rotatable bonds is 6. The Balaban J connectivity index is 1.78. The predicted molar refractivity (Wildman–Crippen MR) is 118 cm³/mol. The molecule has 1 N–H and O–H groups in total. The Kier molecular flexibility index (Phi) is 5.48. The number of amides is 2. The zero-order chi connectivity index (χ0) is 21.3. The first-order valence-electron chi connectivity index (χ1n) is 8.95. The third-order valence-corrected chi connectivity index (χ3v) is 5.69. The lowest BCUT2D eigenvalue weighted by molar-refractivity contribution is -0.120. The standard InChI is InChI=1S/C22H17ClN2O4S/c1-28-16-9-8-14(12-17(16)29-2)24-20-19(18-7-4-10-30-18)21(26)25(22(20)27)15-6-3-5-13(23)11-15/h3-12,24H,1-2H3. The number of halogens is 1. The Morgan fingerprint density at radius 3 is 2.40 bits per heavy atom. The fraction of sp³-hybridized carbons (Fsp3) is 0.0909. The van der Waals surface area contributed by atoms with Crippen LogP contribution in [0.4, 0.5) is 11.4 Å². The number of ether oxygens (including phenoxy) is 2. The summed E-state index contributed by atoms with van der Waals surface area (Å²) in [6, 6.07) is 15.5. The van der Waals surface area contributed by atoms with E-state index in [-0.39, 0.29) is 5.70 Å². The number of imide groups is 1. The highest BCUT2D eigenvalue weighted by Crippen LogP contribution is 2.37. The quantitative estimate of drug-likeness (QED) is 0.557. The van der Waals surface area contributed by atoms with Gasteiger partial charge in [-0.2, -0.15) is 0 Å². The number of benzene rings is 2. The minimum absolute atomic E-state index is 0.189. The summed E-state index contributed by atoms with van der Waals surface area (Å²) in [6.07, 6.45) is 0. The van der Waals surface area contributed by atoms with E-state index in [0.717, 1.165) is 4.90 Å². The highest BCUT2D eigenvalue weighted by atomic mass is 35.5. The van der Waals surface area contributed by atoms with Crippen LogP contribution in [0.2, 0.25) is 5.02 Å². The van der Waals surface area contributed by atoms with Gasteiger partial charge in [0, 0.05) is 21.7 Å². The van der Waals surface area contributed by atoms with Gasteiger partial charge in [0.15, 0.2) is 11.5 Å². The van der Waals surface area contributed by atoms with E-state index >= 15 is 0 Å². The molecule has 6 nitrogen and oxygen atoms in total. The third-order valence-electron chi connectivity index (χ3n) is 4.57. The van der Waals surface area contributed by atoms with Crippen LogP contribution in [0.5, 0.6) is 11.5 Å². The van der Waals surface area contributed by atoms with Crippen molar-refractivity contribution in [1.29, 1.82) is 0 Å². The van der Waals surface area contributed by atoms with Gasteiger partial charge in [0.05, 0.1) is 25.5 Å². The van der Waals surface area contributed by atoms with Crippen molar-refractivity contribution in [2.24, 2.45) is 0 Å². The van der Waals surface area contributed by atoms with Gasteiger partial charge in [0.2, 0.25) is 0 Å². The van der Waals surface area contributed by atoms with E-state index in [9.17, 15) is 9.59 Å². The molecule has 2 amide bonds. The number of nitrogens with one attached hydrogen (secondary N) is 1. The highest BCUT2D eigenvalue weighted by Gasteiger charge is 2.40. The average molecular weight is 441 g/mol. The summed E-state index contributed by atoms with van der Waals surface area (Å²) in [7, 11) is 3.08. The summed E-state index contributed by atoms with van der Waals surface area (Å²) in [6.45, 7) is 0. The number of hydrogen-bond acceptors (Lipinski definition) is 6. The van der Waals surface area contributed by atoms with E-state index in [1.54, 1.807) is 49.6 Å². The van der Waals surface area contributed by atoms with Gasteiger partial charge in [-0.25, -0.2) is 4.90 Å². The van der Waals surface area contributed by atoms with Crippen LogP contribution in [0.15, 0.2) is 65.7 Å². The van der Waals surface area contributed by atoms with Crippen molar-refractivity contribution >= 4 is 51.7 Å². The van der Waals surface area contributed by atoms with Gasteiger partial charge in [-0.1, -0.05) is 23.7 Å². The normalized spacial score (nSPS) is 13.8. The molecular weight excluding hydrogens is 424 g/mol. The summed E-state index contributed by atoms with van der Waals surface area (Å²) in [5.41, 5.74) is 1.50. The molecule has 0 unspecified atom stereocenters. The van der Waals surface area contributed by atoms with Crippen LogP contribution >= 0.6 is 22.9 Å². The van der Waals surface area contributed by atoms with Gasteiger partial charge < -0.3 is 14.8 Å². The third kappa shape index (κ3) is 3.53. The van der Waals surface area contributed by atoms with Crippen molar-refractivity contribution in [2.75, 3.05) is 24.4 Å². The number of methoxy groups -OCH3 is 2. The van der Waals surface area contributed by atoms with Gasteiger partial charge in [-0.15, -0.1) is 11.3 Å². The molecule has 2 aromatic carbocycles. The van der Waals surface area contributed by atoms with E-state index in [2.05, 4.69) is 5.32 Å². The van der Waals surface area contributed by atoms with E-state index in [0.29, 0.717) is 38.3 Å². The molecule has 1 aliphatic rings. The molecule has 30 heavy (non-hydrogen) atoms. The zero-order valence-electron chi connectivity index (χ0n) is 16.1. The smallest absolute Gasteiger partial charge is 0.282 e. The second-order valence-electron chi connectivity index (χ2n) is 6.35. The van der Waals surface area contributed by atoms with Gasteiger partial charge in [0.25, 0.3) is 11.8 Å². The molecule has 0 aliphatic carbocycles. The molecular formula is C22H17ClN2O4S. The molecule has 0 saturated heterocycles. The first-order valence-corrected chi connectivity index (χ1v) is 10.2. The van der Waals surface area contributed by atoms with Gasteiger partial charge in [-0.05, 0) is 41.8 Å². The zero-order valence-corrected chi connectivity index (χ0v) is 17.7. The second-order valence-corrected chi connectivity index (χ2v) is 7.73. The van der Waals surface area contributed by atoms with Crippen molar-refractivity contribution in [3.63, 3.8) is 0 Å². The Bertz CT molecular complexity index is 1160. The first-order chi connectivity index (χ1) is 14.5. The Morgan fingerprint density at radius 1 is 0.933 bits per heavy atom. The van der Waals surface area contributed by atoms with Crippen LogP contribution in [0.25, 0.3) is 5.57 Å². The minimum atomic E-state index is -0.458. The van der Waals surface area contributed by atoms with Crippen LogP contribution < -0.4 is 19.7 Å². The lowest BCUT2D eigenvalue weighted by atomic mass is 10.1. The largest absolute Gasteiger partial charge is 0.493 e. The van der Waals surface area contributed by atoms with Crippen LogP contribution in [-0.4, -0.2) is 26.0 Å². The van der Waals surface area contributed by atoms with Crippen molar-refractivity contribution < 1.29 is 19.1 Å². The molecule has 0 atom stereocenters. The SMILES string of the molecule is COc1ccc(NC2=C(c3cccs3)C(=O)N(c3cccc(Cl)c3)C2=O)cc1OC. The molecule has 0 fully saturated rings. The molecule has 3 aromatic rings. The van der Waals surface area contributed by atoms with E-state index in [1.807, 2.05) is 17.5 Å². The second kappa shape index (κ2) is 8.22. The summed E-state index contributed by atoms with van der Waals surface area (Å²) in [5.74, 6) is 0.197. The number of carbonyl (C=O) groups is 2. The Hall–Kier alpha value is -3.29. The molecule has 1 aliphatic heterocycles. The Morgan fingerprint density at radius 2 is 1.73 bits per heavy atom. The van der Waals surface area contributed by atoms with Gasteiger partial charge in [0.1, 0.15) is 5.70 Å². The topological polar surface area (TPSA) is 67.9 Å². The fourth-order valence-corrected chi connectivity index (χ4v) is 4.16. The molecule has 2 heterocycles. The van der Waals surface area contributed by atoms with Crippen LogP contribution in [0.1, 0.15) is 4.88 Å². The van der Waals surface area contributed by atoms with Crippen molar-refractivity contribution in [3.05, 3.63) is 75.6 Å². The minimum Gasteiger partial charge on any atom is -0.493 e. The number of nitrogens with zero attached hydrogens (tertiary/aromatic N) is 1. The lowest BCUT2D eigenvalue weighted by Gasteiger charge is -2.16. The number of anilines is 2. The first kappa shape index (κ1) is 20.0. The van der Waals surface area contributed by atoms with Gasteiger partial charge in [-0.3, -0.25) is 9.59 Å². The predicted octanol–water partition coefficient (Wildman–Crippen LogP) is 4.82. The molecule has 1 aromatic heterocycles. The van der Waals surface area contributed by atoms with E-state index in [4.69, 9.17) is 21.1 Å². The molecule has 8 heteroatoms. The Labute approximate surface area is 182 Å². The fourth-order valence-electron chi connectivity index (χ4n) is 3.20. The highest BCUT2D eigenvalue weighted by molar-refractivity contribution is 7.11. The van der Waals surface area contributed by atoms with Crippen LogP contribution in [0.3, 0.4) is 0 Å². The van der Waals surface area contributed by atoms with Crippen molar-refractivity contribution in [1.82, 2.24) is 0 Å². The summed E-state index contributed by atoms with van der Waals surface area (Å²) in [4.78, 5) is 28.4. The molecule has 0 saturated carbocycles. The molecule has 4 rings (SSSR count). The maximum atomic E-state index is 13.3. The van der Waals surface area contributed by atoms with Crippen molar-refractivity contribution in [3.8, 4) is 11.5 Å². The molecule has 0 spiro atoms. The lowest BCUT2D eigenvalue weighted by Crippen LogP contribution is -2.32. The monoisotopic (exact) mass is 440 g/mol. The van der Waals surface area contributed by atoms with Crippen LogP contribution in [-0.2, 0) is 9.59 Å². The molecule has 0 radical (unpaired) electrons. The number of hydrogen-bond donors (Lipinski definition) is 1. The van der Waals surface area contributed by atoms with Crippen LogP contribution in [0, 0.1) is 0 Å². The summed E-state index contributed by atoms with van der Waals surface area (Å²) < 4.78 is 10.6. The van der Waals surface area contributed by atoms with E-state index in [1.165, 1.54) is 18.4 Å². The van der Waals surface area contributed by atoms with E-state index < -0.39 is 11.8 Å². The van der Waals surface area contributed by atoms with Crippen molar-refractivity contribution in [2.45, 2.75) is 0 Å². The molecule has 0 bridgehead atoms. The summed E-state index contributed by atoms with van der Waals surface area (Å²) >= 11 is 7.47. The van der Waals surface area contributed by atoms with Gasteiger partial charge >= 0.3 is 0 Å². The summed E-state index contributed by atoms with van der Waals surface area (Å²) in [5, 5.41) is 5.40. The average Bonchev–Trinajstić information content (AvgIpc) is 3.34. The number of carbonyl (C=O) groups excluding carboxylic acids is 2. The number of thiophene rings is 1. The molecule has 152 valence electrons.